The number of aromatic nitrogens is 4. The lowest BCUT2D eigenvalue weighted by molar-refractivity contribution is 0.439. The van der Waals surface area contributed by atoms with Crippen molar-refractivity contribution in [2.24, 2.45) is 0 Å². The van der Waals surface area contributed by atoms with Gasteiger partial charge in [-0.2, -0.15) is 15.3 Å². The third-order valence-electron chi connectivity index (χ3n) is 2.09. The maximum atomic E-state index is 8.78. The SMILES string of the molecule is CCn1cc(Oc2nc(C)cc(C#N)n2)cn1. The van der Waals surface area contributed by atoms with Crippen LogP contribution in [0.25, 0.3) is 0 Å². The summed E-state index contributed by atoms with van der Waals surface area (Å²) in [5.74, 6) is 0.557. The van der Waals surface area contributed by atoms with Gasteiger partial charge in [-0.3, -0.25) is 4.68 Å². The molecule has 0 spiro atoms. The Labute approximate surface area is 98.5 Å². The van der Waals surface area contributed by atoms with Gasteiger partial charge in [0.2, 0.25) is 0 Å². The van der Waals surface area contributed by atoms with E-state index in [1.54, 1.807) is 30.1 Å². The first kappa shape index (κ1) is 11.1. The number of aryl methyl sites for hydroxylation is 2. The van der Waals surface area contributed by atoms with Crippen LogP contribution in [-0.2, 0) is 6.54 Å². The molecule has 0 aliphatic carbocycles. The molecule has 0 aromatic carbocycles. The van der Waals surface area contributed by atoms with Gasteiger partial charge < -0.3 is 4.74 Å². The maximum absolute atomic E-state index is 8.78. The normalized spacial score (nSPS) is 9.94. The molecular formula is C11H11N5O. The van der Waals surface area contributed by atoms with E-state index in [1.807, 2.05) is 13.0 Å². The molecule has 2 aromatic rings. The van der Waals surface area contributed by atoms with Gasteiger partial charge in [-0.05, 0) is 19.9 Å². The van der Waals surface area contributed by atoms with Crippen molar-refractivity contribution in [3.05, 3.63) is 29.8 Å². The van der Waals surface area contributed by atoms with E-state index in [9.17, 15) is 0 Å². The van der Waals surface area contributed by atoms with Crippen molar-refractivity contribution < 1.29 is 4.74 Å². The molecule has 0 N–H and O–H groups in total. The monoisotopic (exact) mass is 229 g/mol. The van der Waals surface area contributed by atoms with Crippen LogP contribution in [0.5, 0.6) is 11.8 Å². The molecule has 86 valence electrons. The van der Waals surface area contributed by atoms with Gasteiger partial charge in [0.1, 0.15) is 11.8 Å². The number of nitriles is 1. The van der Waals surface area contributed by atoms with Crippen LogP contribution in [0.2, 0.25) is 0 Å². The van der Waals surface area contributed by atoms with Crippen LogP contribution in [0.3, 0.4) is 0 Å². The van der Waals surface area contributed by atoms with Crippen LogP contribution in [0.1, 0.15) is 18.3 Å². The predicted octanol–water partition coefficient (Wildman–Crippen LogP) is 1.67. The third-order valence-corrected chi connectivity index (χ3v) is 2.09. The van der Waals surface area contributed by atoms with E-state index in [-0.39, 0.29) is 11.7 Å². The van der Waals surface area contributed by atoms with E-state index in [2.05, 4.69) is 15.1 Å². The molecule has 0 aliphatic heterocycles. The molecule has 0 radical (unpaired) electrons. The van der Waals surface area contributed by atoms with Crippen LogP contribution in [0, 0.1) is 18.3 Å². The second kappa shape index (κ2) is 4.61. The summed E-state index contributed by atoms with van der Waals surface area (Å²) in [6.45, 7) is 4.53. The molecule has 6 nitrogen and oxygen atoms in total. The van der Waals surface area contributed by atoms with E-state index in [0.717, 1.165) is 6.54 Å². The fourth-order valence-corrected chi connectivity index (χ4v) is 1.32. The zero-order chi connectivity index (χ0) is 12.3. The highest BCUT2D eigenvalue weighted by atomic mass is 16.5. The Hall–Kier alpha value is -2.42. The van der Waals surface area contributed by atoms with Crippen molar-refractivity contribution in [2.45, 2.75) is 20.4 Å². The molecule has 0 bridgehead atoms. The zero-order valence-electron chi connectivity index (χ0n) is 9.58. The predicted molar refractivity (Wildman–Crippen MR) is 59.5 cm³/mol. The number of hydrogen-bond acceptors (Lipinski definition) is 5. The number of nitrogens with zero attached hydrogens (tertiary/aromatic N) is 5. The molecule has 0 saturated heterocycles. The third kappa shape index (κ3) is 2.58. The van der Waals surface area contributed by atoms with Gasteiger partial charge in [0, 0.05) is 12.2 Å². The average Bonchev–Trinajstić information content (AvgIpc) is 2.76. The maximum Gasteiger partial charge on any atom is 0.323 e. The molecule has 0 saturated carbocycles. The molecule has 17 heavy (non-hydrogen) atoms. The molecule has 2 heterocycles. The fraction of sp³-hybridized carbons (Fsp3) is 0.273. The Kier molecular flexibility index (Phi) is 3.01. The van der Waals surface area contributed by atoms with Gasteiger partial charge in [-0.1, -0.05) is 0 Å². The van der Waals surface area contributed by atoms with Crippen LogP contribution >= 0.6 is 0 Å². The number of rotatable bonds is 3. The Morgan fingerprint density at radius 2 is 2.29 bits per heavy atom. The van der Waals surface area contributed by atoms with Crippen molar-refractivity contribution in [1.29, 1.82) is 5.26 Å². The van der Waals surface area contributed by atoms with Gasteiger partial charge in [0.25, 0.3) is 0 Å². The Morgan fingerprint density at radius 3 is 2.94 bits per heavy atom. The minimum absolute atomic E-state index is 0.164. The fourth-order valence-electron chi connectivity index (χ4n) is 1.32. The van der Waals surface area contributed by atoms with Crippen molar-refractivity contribution in [1.82, 2.24) is 19.7 Å². The van der Waals surface area contributed by atoms with Gasteiger partial charge >= 0.3 is 6.01 Å². The summed E-state index contributed by atoms with van der Waals surface area (Å²) in [4.78, 5) is 8.04. The molecule has 0 amide bonds. The zero-order valence-corrected chi connectivity index (χ0v) is 9.58. The first-order valence-electron chi connectivity index (χ1n) is 5.17. The van der Waals surface area contributed by atoms with E-state index < -0.39 is 0 Å². The largest absolute Gasteiger partial charge is 0.421 e. The Bertz CT molecular complexity index is 569. The average molecular weight is 229 g/mol. The first-order chi connectivity index (χ1) is 8.21. The van der Waals surface area contributed by atoms with E-state index in [4.69, 9.17) is 10.00 Å². The molecule has 0 fully saturated rings. The lowest BCUT2D eigenvalue weighted by Gasteiger charge is -2.01. The molecule has 0 atom stereocenters. The standard InChI is InChI=1S/C11H11N5O/c1-3-16-7-10(6-13-16)17-11-14-8(2)4-9(5-12)15-11/h4,6-7H,3H2,1-2H3. The summed E-state index contributed by atoms with van der Waals surface area (Å²) >= 11 is 0. The van der Waals surface area contributed by atoms with E-state index >= 15 is 0 Å². The van der Waals surface area contributed by atoms with Gasteiger partial charge in [0.15, 0.2) is 5.75 Å². The van der Waals surface area contributed by atoms with Crippen LogP contribution in [0.4, 0.5) is 0 Å². The van der Waals surface area contributed by atoms with Gasteiger partial charge in [-0.15, -0.1) is 0 Å². The minimum Gasteiger partial charge on any atom is -0.421 e. The lowest BCUT2D eigenvalue weighted by Crippen LogP contribution is -1.96. The Morgan fingerprint density at radius 1 is 1.47 bits per heavy atom. The Balaban J connectivity index is 2.24. The highest BCUT2D eigenvalue weighted by Gasteiger charge is 2.05. The summed E-state index contributed by atoms with van der Waals surface area (Å²) in [6, 6.07) is 3.72. The van der Waals surface area contributed by atoms with Crippen LogP contribution in [0.15, 0.2) is 18.5 Å². The molecule has 0 aliphatic rings. The van der Waals surface area contributed by atoms with Crippen molar-refractivity contribution in [2.75, 3.05) is 0 Å². The molecule has 2 rings (SSSR count). The molecule has 6 heteroatoms. The summed E-state index contributed by atoms with van der Waals surface area (Å²) < 4.78 is 7.16. The second-order valence-electron chi connectivity index (χ2n) is 3.42. The molecular weight excluding hydrogens is 218 g/mol. The summed E-state index contributed by atoms with van der Waals surface area (Å²) in [5, 5.41) is 12.8. The van der Waals surface area contributed by atoms with E-state index in [0.29, 0.717) is 11.4 Å². The summed E-state index contributed by atoms with van der Waals surface area (Å²) in [7, 11) is 0. The van der Waals surface area contributed by atoms with Gasteiger partial charge in [-0.25, -0.2) is 4.98 Å². The van der Waals surface area contributed by atoms with Crippen molar-refractivity contribution >= 4 is 0 Å². The minimum atomic E-state index is 0.164. The topological polar surface area (TPSA) is 76.6 Å². The summed E-state index contributed by atoms with van der Waals surface area (Å²) in [5.41, 5.74) is 0.977. The van der Waals surface area contributed by atoms with Crippen molar-refractivity contribution in [3.8, 4) is 17.8 Å². The number of hydrogen-bond donors (Lipinski definition) is 0. The second-order valence-corrected chi connectivity index (χ2v) is 3.42. The van der Waals surface area contributed by atoms with E-state index in [1.165, 1.54) is 0 Å². The van der Waals surface area contributed by atoms with Crippen LogP contribution < -0.4 is 4.74 Å². The molecule has 2 aromatic heterocycles. The van der Waals surface area contributed by atoms with Gasteiger partial charge in [0.05, 0.1) is 12.4 Å². The summed E-state index contributed by atoms with van der Waals surface area (Å²) in [6.07, 6.45) is 3.33. The highest BCUT2D eigenvalue weighted by Crippen LogP contribution is 2.17. The number of ether oxygens (including phenoxy) is 1. The molecule has 0 unspecified atom stereocenters. The quantitative estimate of drug-likeness (QED) is 0.800. The highest BCUT2D eigenvalue weighted by molar-refractivity contribution is 5.25. The first-order valence-corrected chi connectivity index (χ1v) is 5.17. The lowest BCUT2D eigenvalue weighted by atomic mass is 10.3. The van der Waals surface area contributed by atoms with Crippen LogP contribution in [-0.4, -0.2) is 19.7 Å². The van der Waals surface area contributed by atoms with Crippen molar-refractivity contribution in [3.63, 3.8) is 0 Å². The smallest absolute Gasteiger partial charge is 0.323 e.